The molecule has 0 aromatic heterocycles. The van der Waals surface area contributed by atoms with E-state index >= 15 is 0 Å². The summed E-state index contributed by atoms with van der Waals surface area (Å²) in [5.41, 5.74) is 4.93. The molecule has 0 spiro atoms. The molecule has 1 aromatic carbocycles. The second-order valence-corrected chi connectivity index (χ2v) is 4.87. The summed E-state index contributed by atoms with van der Waals surface area (Å²) in [6.45, 7) is -0.270. The Hall–Kier alpha value is -1.90. The van der Waals surface area contributed by atoms with E-state index in [0.29, 0.717) is 0 Å². The highest BCUT2D eigenvalue weighted by molar-refractivity contribution is 7.93. The lowest BCUT2D eigenvalue weighted by Gasteiger charge is -2.12. The third-order valence-corrected chi connectivity index (χ3v) is 2.73. The van der Waals surface area contributed by atoms with Crippen molar-refractivity contribution in [1.29, 1.82) is 5.41 Å². The van der Waals surface area contributed by atoms with Gasteiger partial charge < -0.3 is 10.5 Å². The lowest BCUT2D eigenvalue weighted by atomic mass is 10.3. The summed E-state index contributed by atoms with van der Waals surface area (Å²) in [6, 6.07) is 5.60. The first-order chi connectivity index (χ1) is 8.33. The number of halogens is 2. The van der Waals surface area contributed by atoms with Crippen LogP contribution in [0.1, 0.15) is 0 Å². The van der Waals surface area contributed by atoms with E-state index in [9.17, 15) is 17.2 Å². The Morgan fingerprint density at radius 3 is 2.61 bits per heavy atom. The lowest BCUT2D eigenvalue weighted by Crippen LogP contribution is -2.22. The van der Waals surface area contributed by atoms with Crippen LogP contribution in [-0.2, 0) is 10.0 Å². The van der Waals surface area contributed by atoms with Gasteiger partial charge in [0.05, 0.1) is 5.69 Å². The van der Waals surface area contributed by atoms with Gasteiger partial charge in [0.1, 0.15) is 18.2 Å². The number of anilines is 1. The number of hydrogen-bond acceptors (Lipinski definition) is 4. The first kappa shape index (κ1) is 14.2. The van der Waals surface area contributed by atoms with Crippen LogP contribution >= 0.6 is 0 Å². The standard InChI is InChI=1S/C9H11F2N3O3S/c10-9(11)18(15,16)14-6-3-1-2-4-7(6)17-5-8(12)13/h1-4,9,14H,5H2,(H3,12,13). The number of nitrogens with one attached hydrogen (secondary N) is 2. The number of nitrogens with two attached hydrogens (primary N) is 1. The van der Waals surface area contributed by atoms with Gasteiger partial charge in [-0.3, -0.25) is 10.1 Å². The number of sulfonamides is 1. The monoisotopic (exact) mass is 279 g/mol. The number of amidine groups is 1. The predicted octanol–water partition coefficient (Wildman–Crippen LogP) is 0.966. The highest BCUT2D eigenvalue weighted by Crippen LogP contribution is 2.25. The minimum Gasteiger partial charge on any atom is -0.484 e. The van der Waals surface area contributed by atoms with Gasteiger partial charge in [-0.15, -0.1) is 0 Å². The molecule has 0 unspecified atom stereocenters. The van der Waals surface area contributed by atoms with Crippen LogP contribution < -0.4 is 15.2 Å². The molecule has 100 valence electrons. The molecule has 0 aliphatic heterocycles. The minimum atomic E-state index is -4.76. The number of alkyl halides is 2. The van der Waals surface area contributed by atoms with Crippen LogP contribution in [0.5, 0.6) is 5.75 Å². The average Bonchev–Trinajstić information content (AvgIpc) is 2.27. The van der Waals surface area contributed by atoms with E-state index in [4.69, 9.17) is 15.9 Å². The van der Waals surface area contributed by atoms with Crippen molar-refractivity contribution in [1.82, 2.24) is 0 Å². The molecule has 0 amide bonds. The van der Waals surface area contributed by atoms with Crippen LogP contribution in [0.3, 0.4) is 0 Å². The van der Waals surface area contributed by atoms with E-state index in [1.807, 2.05) is 0 Å². The topological polar surface area (TPSA) is 105 Å². The zero-order valence-corrected chi connectivity index (χ0v) is 9.88. The first-order valence-corrected chi connectivity index (χ1v) is 6.22. The second-order valence-electron chi connectivity index (χ2n) is 3.22. The van der Waals surface area contributed by atoms with E-state index in [0.717, 1.165) is 0 Å². The van der Waals surface area contributed by atoms with Crippen LogP contribution in [0, 0.1) is 5.41 Å². The molecular formula is C9H11F2N3O3S. The van der Waals surface area contributed by atoms with E-state index in [-0.39, 0.29) is 23.9 Å². The highest BCUT2D eigenvalue weighted by Gasteiger charge is 2.24. The Kier molecular flexibility index (Phi) is 4.43. The predicted molar refractivity (Wildman–Crippen MR) is 62.4 cm³/mol. The molecule has 18 heavy (non-hydrogen) atoms. The summed E-state index contributed by atoms with van der Waals surface area (Å²) in [5.74, 6) is -3.81. The molecule has 4 N–H and O–H groups in total. The molecule has 6 nitrogen and oxygen atoms in total. The Bertz CT molecular complexity index is 534. The summed E-state index contributed by atoms with van der Waals surface area (Å²) >= 11 is 0. The maximum Gasteiger partial charge on any atom is 0.355 e. The Morgan fingerprint density at radius 2 is 2.06 bits per heavy atom. The van der Waals surface area contributed by atoms with Crippen molar-refractivity contribution in [3.05, 3.63) is 24.3 Å². The molecule has 0 heterocycles. The largest absolute Gasteiger partial charge is 0.484 e. The molecule has 0 bridgehead atoms. The van der Waals surface area contributed by atoms with Crippen molar-refractivity contribution in [2.75, 3.05) is 11.3 Å². The molecule has 0 radical (unpaired) electrons. The van der Waals surface area contributed by atoms with Gasteiger partial charge in [-0.05, 0) is 12.1 Å². The van der Waals surface area contributed by atoms with Crippen LogP contribution in [0.25, 0.3) is 0 Å². The quantitative estimate of drug-likeness (QED) is 0.533. The van der Waals surface area contributed by atoms with Crippen molar-refractivity contribution in [3.63, 3.8) is 0 Å². The van der Waals surface area contributed by atoms with Gasteiger partial charge in [0.25, 0.3) is 10.0 Å². The van der Waals surface area contributed by atoms with Gasteiger partial charge >= 0.3 is 5.76 Å². The van der Waals surface area contributed by atoms with Gasteiger partial charge in [0, 0.05) is 0 Å². The molecule has 0 fully saturated rings. The van der Waals surface area contributed by atoms with Gasteiger partial charge in [0.15, 0.2) is 0 Å². The molecule has 0 aliphatic carbocycles. The van der Waals surface area contributed by atoms with E-state index in [1.165, 1.54) is 24.3 Å². The summed E-state index contributed by atoms with van der Waals surface area (Å²) in [5, 5.41) is 6.96. The summed E-state index contributed by atoms with van der Waals surface area (Å²) in [7, 11) is -4.76. The molecule has 0 aliphatic rings. The fourth-order valence-electron chi connectivity index (χ4n) is 1.03. The molecular weight excluding hydrogens is 268 g/mol. The third-order valence-electron chi connectivity index (χ3n) is 1.76. The number of para-hydroxylation sites is 2. The van der Waals surface area contributed by atoms with Crippen molar-refractivity contribution < 1.29 is 21.9 Å². The molecule has 0 saturated carbocycles. The lowest BCUT2D eigenvalue weighted by molar-refractivity contribution is 0.236. The number of hydrogen-bond donors (Lipinski definition) is 3. The molecule has 1 aromatic rings. The maximum absolute atomic E-state index is 12.2. The molecule has 1 rings (SSSR count). The van der Waals surface area contributed by atoms with E-state index in [1.54, 1.807) is 4.72 Å². The molecule has 0 atom stereocenters. The number of benzene rings is 1. The van der Waals surface area contributed by atoms with Crippen molar-refractivity contribution in [2.24, 2.45) is 5.73 Å². The van der Waals surface area contributed by atoms with Gasteiger partial charge in [-0.25, -0.2) is 8.42 Å². The normalized spacial score (nSPS) is 11.3. The smallest absolute Gasteiger partial charge is 0.355 e. The van der Waals surface area contributed by atoms with Crippen molar-refractivity contribution in [2.45, 2.75) is 5.76 Å². The first-order valence-electron chi connectivity index (χ1n) is 4.67. The van der Waals surface area contributed by atoms with Crippen molar-refractivity contribution in [3.8, 4) is 5.75 Å². The Balaban J connectivity index is 2.92. The fraction of sp³-hybridized carbons (Fsp3) is 0.222. The summed E-state index contributed by atoms with van der Waals surface area (Å²) < 4.78 is 53.1. The second kappa shape index (κ2) is 5.63. The zero-order valence-electron chi connectivity index (χ0n) is 9.06. The summed E-state index contributed by atoms with van der Waals surface area (Å²) in [6.07, 6.45) is 0. The van der Waals surface area contributed by atoms with Crippen molar-refractivity contribution >= 4 is 21.5 Å². The highest BCUT2D eigenvalue weighted by atomic mass is 32.2. The third kappa shape index (κ3) is 3.84. The molecule has 9 heteroatoms. The number of rotatable bonds is 6. The average molecular weight is 279 g/mol. The minimum absolute atomic E-state index is 0.0110. The Labute approximate surface area is 102 Å². The zero-order chi connectivity index (χ0) is 13.8. The van der Waals surface area contributed by atoms with Gasteiger partial charge in [0.2, 0.25) is 0 Å². The van der Waals surface area contributed by atoms with Crippen LogP contribution in [0.2, 0.25) is 0 Å². The van der Waals surface area contributed by atoms with E-state index < -0.39 is 15.8 Å². The van der Waals surface area contributed by atoms with Crippen LogP contribution in [0.15, 0.2) is 24.3 Å². The fourth-order valence-corrected chi connectivity index (χ4v) is 1.59. The van der Waals surface area contributed by atoms with Crippen LogP contribution in [0.4, 0.5) is 14.5 Å². The van der Waals surface area contributed by atoms with Gasteiger partial charge in [-0.1, -0.05) is 12.1 Å². The number of ether oxygens (including phenoxy) is 1. The van der Waals surface area contributed by atoms with Gasteiger partial charge in [-0.2, -0.15) is 8.78 Å². The van der Waals surface area contributed by atoms with E-state index in [2.05, 4.69) is 0 Å². The SMILES string of the molecule is N=C(N)COc1ccccc1NS(=O)(=O)C(F)F. The van der Waals surface area contributed by atoms with Crippen LogP contribution in [-0.4, -0.2) is 26.6 Å². The maximum atomic E-state index is 12.2. The molecule has 0 saturated heterocycles. The Morgan fingerprint density at radius 1 is 1.44 bits per heavy atom. The summed E-state index contributed by atoms with van der Waals surface area (Å²) in [4.78, 5) is 0.